The van der Waals surface area contributed by atoms with Gasteiger partial charge in [-0.1, -0.05) is 78.4 Å². The first kappa shape index (κ1) is 31.3. The maximum atomic E-state index is 12.8. The van der Waals surface area contributed by atoms with E-state index in [-0.39, 0.29) is 37.1 Å². The van der Waals surface area contributed by atoms with Gasteiger partial charge in [0.2, 0.25) is 5.91 Å². The second-order valence-corrected chi connectivity index (χ2v) is 11.3. The van der Waals surface area contributed by atoms with Crippen LogP contribution in [-0.4, -0.2) is 30.1 Å². The van der Waals surface area contributed by atoms with E-state index in [1.807, 2.05) is 67.6 Å². The lowest BCUT2D eigenvalue weighted by Gasteiger charge is -2.19. The van der Waals surface area contributed by atoms with Gasteiger partial charge in [-0.05, 0) is 66.6 Å². The molecule has 4 aromatic carbocycles. The molecule has 2 N–H and O–H groups in total. The van der Waals surface area contributed by atoms with Crippen molar-refractivity contribution in [3.63, 3.8) is 0 Å². The van der Waals surface area contributed by atoms with E-state index >= 15 is 0 Å². The number of nitrogens with zero attached hydrogens (tertiary/aromatic N) is 1. The zero-order chi connectivity index (χ0) is 31.9. The minimum Gasteiger partial charge on any atom is -0.493 e. The van der Waals surface area contributed by atoms with Crippen LogP contribution in [0.4, 0.5) is 10.5 Å². The van der Waals surface area contributed by atoms with Crippen molar-refractivity contribution < 1.29 is 24.0 Å². The van der Waals surface area contributed by atoms with Crippen LogP contribution in [0.1, 0.15) is 65.1 Å². The highest BCUT2D eigenvalue weighted by Crippen LogP contribution is 2.44. The molecule has 1 aliphatic rings. The number of alkyl carbamates (subject to hydrolysis) is 1. The summed E-state index contributed by atoms with van der Waals surface area (Å²) in [6, 6.07) is 26.4. The Hall–Kier alpha value is -5.18. The topological polar surface area (TPSA) is 120 Å². The van der Waals surface area contributed by atoms with Crippen molar-refractivity contribution in [2.75, 3.05) is 13.2 Å². The maximum absolute atomic E-state index is 12.8. The number of fused-ring (bicyclic) bond motifs is 3. The average Bonchev–Trinajstić information content (AvgIpc) is 3.35. The summed E-state index contributed by atoms with van der Waals surface area (Å²) in [5.41, 5.74) is 7.50. The Morgan fingerprint density at radius 2 is 1.58 bits per heavy atom. The SMILES string of the molecule is Cc1ccc(CNC(=O)CCCOc2cc([N+](=O)[O-])c(C(C)NC(=O)OCC3c4ccccc4-c4ccccc43)cc2C)cc1. The fourth-order valence-corrected chi connectivity index (χ4v) is 5.66. The van der Waals surface area contributed by atoms with E-state index in [2.05, 4.69) is 22.8 Å². The number of carbonyl (C=O) groups excluding carboxylic acids is 2. The molecule has 0 heterocycles. The number of aryl methyl sites for hydroxylation is 2. The zero-order valence-electron chi connectivity index (χ0n) is 25.7. The highest BCUT2D eigenvalue weighted by atomic mass is 16.6. The van der Waals surface area contributed by atoms with E-state index < -0.39 is 17.1 Å². The normalized spacial score (nSPS) is 12.5. The van der Waals surface area contributed by atoms with Gasteiger partial charge in [-0.15, -0.1) is 0 Å². The summed E-state index contributed by atoms with van der Waals surface area (Å²) < 4.78 is 11.5. The number of hydrogen-bond acceptors (Lipinski definition) is 6. The van der Waals surface area contributed by atoms with E-state index in [1.54, 1.807) is 19.9 Å². The first-order valence-electron chi connectivity index (χ1n) is 15.1. The van der Waals surface area contributed by atoms with E-state index in [0.29, 0.717) is 29.8 Å². The van der Waals surface area contributed by atoms with Crippen molar-refractivity contribution in [1.29, 1.82) is 0 Å². The van der Waals surface area contributed by atoms with E-state index in [1.165, 1.54) is 6.07 Å². The third-order valence-corrected chi connectivity index (χ3v) is 8.08. The molecular formula is C36H37N3O6. The van der Waals surface area contributed by atoms with Crippen LogP contribution in [0.2, 0.25) is 0 Å². The molecule has 0 saturated heterocycles. The Morgan fingerprint density at radius 1 is 0.933 bits per heavy atom. The standard InChI is InChI=1S/C36H37N3O6/c1-23-14-16-26(17-15-23)21-37-35(40)13-8-18-44-34-20-33(39(42)43)31(19-24(34)2)25(3)38-36(41)45-22-32-29-11-6-4-9-27(29)28-10-5-7-12-30(28)32/h4-7,9-12,14-17,19-20,25,32H,8,13,18,21-22H2,1-3H3,(H,37,40)(H,38,41). The van der Waals surface area contributed by atoms with Crippen molar-refractivity contribution in [1.82, 2.24) is 10.6 Å². The molecule has 2 amide bonds. The molecule has 9 heteroatoms. The van der Waals surface area contributed by atoms with Crippen LogP contribution in [0.15, 0.2) is 84.9 Å². The lowest BCUT2D eigenvalue weighted by Crippen LogP contribution is -2.29. The van der Waals surface area contributed by atoms with Crippen LogP contribution in [0.5, 0.6) is 5.75 Å². The summed E-state index contributed by atoms with van der Waals surface area (Å²) in [4.78, 5) is 36.6. The molecule has 0 aliphatic heterocycles. The van der Waals surface area contributed by atoms with Gasteiger partial charge in [0.15, 0.2) is 0 Å². The van der Waals surface area contributed by atoms with Crippen LogP contribution in [0.25, 0.3) is 11.1 Å². The van der Waals surface area contributed by atoms with Gasteiger partial charge in [-0.25, -0.2) is 4.79 Å². The van der Waals surface area contributed by atoms with Crippen molar-refractivity contribution in [3.8, 4) is 16.9 Å². The Morgan fingerprint density at radius 3 is 2.22 bits per heavy atom. The zero-order valence-corrected chi connectivity index (χ0v) is 25.7. The lowest BCUT2D eigenvalue weighted by atomic mass is 9.98. The quantitative estimate of drug-likeness (QED) is 0.0992. The van der Waals surface area contributed by atoms with Crippen molar-refractivity contribution in [2.24, 2.45) is 0 Å². The molecule has 1 unspecified atom stereocenters. The molecule has 45 heavy (non-hydrogen) atoms. The Bertz CT molecular complexity index is 1660. The summed E-state index contributed by atoms with van der Waals surface area (Å²) in [5, 5.41) is 17.6. The van der Waals surface area contributed by atoms with Gasteiger partial charge in [0.05, 0.1) is 29.2 Å². The molecule has 0 spiro atoms. The van der Waals surface area contributed by atoms with Gasteiger partial charge < -0.3 is 20.1 Å². The summed E-state index contributed by atoms with van der Waals surface area (Å²) >= 11 is 0. The Labute approximate surface area is 262 Å². The molecule has 5 rings (SSSR count). The average molecular weight is 608 g/mol. The smallest absolute Gasteiger partial charge is 0.407 e. The predicted molar refractivity (Wildman–Crippen MR) is 172 cm³/mol. The van der Waals surface area contributed by atoms with Crippen LogP contribution in [-0.2, 0) is 16.1 Å². The molecule has 1 aliphatic carbocycles. The summed E-state index contributed by atoms with van der Waals surface area (Å²) in [6.45, 7) is 6.30. The van der Waals surface area contributed by atoms with Crippen LogP contribution in [0, 0.1) is 24.0 Å². The number of nitro groups is 1. The van der Waals surface area contributed by atoms with Gasteiger partial charge in [0.25, 0.3) is 5.69 Å². The predicted octanol–water partition coefficient (Wildman–Crippen LogP) is 7.29. The summed E-state index contributed by atoms with van der Waals surface area (Å²) in [5.74, 6) is 0.176. The van der Waals surface area contributed by atoms with Crippen molar-refractivity contribution in [2.45, 2.75) is 52.1 Å². The van der Waals surface area contributed by atoms with Gasteiger partial charge >= 0.3 is 6.09 Å². The van der Waals surface area contributed by atoms with Crippen LogP contribution >= 0.6 is 0 Å². The fraction of sp³-hybridized carbons (Fsp3) is 0.278. The molecule has 1 atom stereocenters. The number of amides is 2. The highest BCUT2D eigenvalue weighted by Gasteiger charge is 2.30. The first-order valence-corrected chi connectivity index (χ1v) is 15.1. The summed E-state index contributed by atoms with van der Waals surface area (Å²) in [7, 11) is 0. The molecule has 0 fully saturated rings. The lowest BCUT2D eigenvalue weighted by molar-refractivity contribution is -0.385. The Kier molecular flexibility index (Phi) is 9.77. The van der Waals surface area contributed by atoms with E-state index in [4.69, 9.17) is 9.47 Å². The molecule has 0 bridgehead atoms. The third-order valence-electron chi connectivity index (χ3n) is 8.08. The molecule has 232 valence electrons. The van der Waals surface area contributed by atoms with Gasteiger partial charge in [-0.3, -0.25) is 14.9 Å². The molecule has 0 radical (unpaired) electrons. The third kappa shape index (κ3) is 7.49. The van der Waals surface area contributed by atoms with Gasteiger partial charge in [-0.2, -0.15) is 0 Å². The second-order valence-electron chi connectivity index (χ2n) is 11.3. The minimum atomic E-state index is -0.689. The first-order chi connectivity index (χ1) is 21.7. The van der Waals surface area contributed by atoms with Crippen molar-refractivity contribution in [3.05, 3.63) is 128 Å². The molecule has 4 aromatic rings. The number of hydrogen-bond donors (Lipinski definition) is 2. The van der Waals surface area contributed by atoms with Crippen molar-refractivity contribution >= 4 is 17.7 Å². The van der Waals surface area contributed by atoms with E-state index in [9.17, 15) is 19.7 Å². The number of nitro benzene ring substituents is 1. The molecule has 0 aromatic heterocycles. The van der Waals surface area contributed by atoms with E-state index in [0.717, 1.165) is 33.4 Å². The molecule has 9 nitrogen and oxygen atoms in total. The summed E-state index contributed by atoms with van der Waals surface area (Å²) in [6.07, 6.45) is 0.0676. The number of rotatable bonds is 12. The molecular weight excluding hydrogens is 570 g/mol. The Balaban J connectivity index is 1.14. The van der Waals surface area contributed by atoms with Gasteiger partial charge in [0, 0.05) is 18.9 Å². The number of nitrogens with one attached hydrogen (secondary N) is 2. The largest absolute Gasteiger partial charge is 0.493 e. The molecule has 0 saturated carbocycles. The highest BCUT2D eigenvalue weighted by molar-refractivity contribution is 5.79. The number of benzene rings is 4. The monoisotopic (exact) mass is 607 g/mol. The minimum absolute atomic E-state index is 0.0919. The van der Waals surface area contributed by atoms with Crippen LogP contribution < -0.4 is 15.4 Å². The fourth-order valence-electron chi connectivity index (χ4n) is 5.66. The number of carbonyl (C=O) groups is 2. The number of ether oxygens (including phenoxy) is 2. The van der Waals surface area contributed by atoms with Gasteiger partial charge in [0.1, 0.15) is 12.4 Å². The second kappa shape index (κ2) is 14.1. The van der Waals surface area contributed by atoms with Crippen LogP contribution in [0.3, 0.4) is 0 Å². The maximum Gasteiger partial charge on any atom is 0.407 e.